The third-order valence-corrected chi connectivity index (χ3v) is 6.59. The summed E-state index contributed by atoms with van der Waals surface area (Å²) in [5.41, 5.74) is 1.92. The van der Waals surface area contributed by atoms with Crippen LogP contribution in [0.25, 0.3) is 0 Å². The normalized spacial score (nSPS) is 23.7. The van der Waals surface area contributed by atoms with Crippen molar-refractivity contribution in [2.45, 2.75) is 54.1 Å². The highest BCUT2D eigenvalue weighted by Gasteiger charge is 2.46. The van der Waals surface area contributed by atoms with Crippen LogP contribution in [0.5, 0.6) is 0 Å². The molecule has 1 N–H and O–H groups in total. The summed E-state index contributed by atoms with van der Waals surface area (Å²) in [7, 11) is 0. The van der Waals surface area contributed by atoms with Gasteiger partial charge in [0, 0.05) is 21.4 Å². The molecule has 4 rings (SSSR count). The Morgan fingerprint density at radius 2 is 1.96 bits per heavy atom. The Morgan fingerprint density at radius 1 is 1.19 bits per heavy atom. The van der Waals surface area contributed by atoms with Gasteiger partial charge in [-0.25, -0.2) is 0 Å². The fraction of sp³-hybridized carbons (Fsp3) is 0.333. The maximum absolute atomic E-state index is 12.6. The summed E-state index contributed by atoms with van der Waals surface area (Å²) in [4.78, 5) is 16.8. The first kappa shape index (κ1) is 17.0. The predicted molar refractivity (Wildman–Crippen MR) is 102 cm³/mol. The van der Waals surface area contributed by atoms with Gasteiger partial charge in [-0.05, 0) is 62.1 Å². The lowest BCUT2D eigenvalue weighted by molar-refractivity contribution is 0.0928. The molecule has 0 aromatic heterocycles. The van der Waals surface area contributed by atoms with Gasteiger partial charge in [-0.3, -0.25) is 4.79 Å². The van der Waals surface area contributed by atoms with Crippen LogP contribution in [0.2, 0.25) is 0 Å². The van der Waals surface area contributed by atoms with Crippen molar-refractivity contribution >= 4 is 17.7 Å². The Hall–Kier alpha value is -2.45. The molecule has 26 heavy (non-hydrogen) atoms. The SMILES string of the molecule is Cc1ccccc1Sc1ccc(C(=O)N[C@@H]2C[C@@H]3CC[C@H]2N3C#N)cc1. The van der Waals surface area contributed by atoms with Gasteiger partial charge >= 0.3 is 0 Å². The molecule has 3 atom stereocenters. The van der Waals surface area contributed by atoms with Gasteiger partial charge in [-0.15, -0.1) is 0 Å². The predicted octanol–water partition coefficient (Wildman–Crippen LogP) is 3.96. The Bertz CT molecular complexity index is 858. The summed E-state index contributed by atoms with van der Waals surface area (Å²) < 4.78 is 0. The molecule has 0 radical (unpaired) electrons. The van der Waals surface area contributed by atoms with E-state index >= 15 is 0 Å². The summed E-state index contributed by atoms with van der Waals surface area (Å²) in [5.74, 6) is -0.0483. The van der Waals surface area contributed by atoms with Gasteiger partial charge in [0.2, 0.25) is 0 Å². The molecule has 2 aliphatic rings. The lowest BCUT2D eigenvalue weighted by Gasteiger charge is -2.21. The molecule has 5 heteroatoms. The van der Waals surface area contributed by atoms with E-state index in [0.29, 0.717) is 11.6 Å². The molecule has 2 bridgehead atoms. The Morgan fingerprint density at radius 3 is 2.65 bits per heavy atom. The van der Waals surface area contributed by atoms with Crippen molar-refractivity contribution in [2.24, 2.45) is 0 Å². The van der Waals surface area contributed by atoms with E-state index in [4.69, 9.17) is 0 Å². The molecular formula is C21H21N3OS. The molecule has 0 saturated carbocycles. The number of rotatable bonds is 4. The highest BCUT2D eigenvalue weighted by molar-refractivity contribution is 7.99. The van der Waals surface area contributed by atoms with Gasteiger partial charge in [0.15, 0.2) is 6.19 Å². The van der Waals surface area contributed by atoms with Gasteiger partial charge < -0.3 is 10.2 Å². The molecule has 2 aromatic carbocycles. The molecule has 2 heterocycles. The smallest absolute Gasteiger partial charge is 0.251 e. The molecular weight excluding hydrogens is 342 g/mol. The molecule has 2 saturated heterocycles. The van der Waals surface area contributed by atoms with Crippen LogP contribution >= 0.6 is 11.8 Å². The minimum absolute atomic E-state index is 0.0483. The van der Waals surface area contributed by atoms with Crippen LogP contribution in [0.4, 0.5) is 0 Å². The zero-order valence-corrected chi connectivity index (χ0v) is 15.5. The number of fused-ring (bicyclic) bond motifs is 2. The second kappa shape index (κ2) is 7.05. The van der Waals surface area contributed by atoms with Gasteiger partial charge in [0.25, 0.3) is 5.91 Å². The van der Waals surface area contributed by atoms with E-state index in [1.165, 1.54) is 10.5 Å². The van der Waals surface area contributed by atoms with E-state index in [1.807, 2.05) is 41.3 Å². The first-order valence-corrected chi connectivity index (χ1v) is 9.80. The number of benzene rings is 2. The van der Waals surface area contributed by atoms with E-state index in [9.17, 15) is 10.1 Å². The second-order valence-corrected chi connectivity index (χ2v) is 8.13. The van der Waals surface area contributed by atoms with Crippen LogP contribution in [0, 0.1) is 18.4 Å². The molecule has 0 spiro atoms. The van der Waals surface area contributed by atoms with Crippen molar-refractivity contribution < 1.29 is 4.79 Å². The van der Waals surface area contributed by atoms with E-state index < -0.39 is 0 Å². The van der Waals surface area contributed by atoms with E-state index in [1.54, 1.807) is 11.8 Å². The van der Waals surface area contributed by atoms with Crippen LogP contribution in [0.3, 0.4) is 0 Å². The maximum Gasteiger partial charge on any atom is 0.251 e. The summed E-state index contributed by atoms with van der Waals surface area (Å²) >= 11 is 1.71. The number of hydrogen-bond donors (Lipinski definition) is 1. The molecule has 0 aliphatic carbocycles. The number of carbonyl (C=O) groups excluding carboxylic acids is 1. The molecule has 2 fully saturated rings. The van der Waals surface area contributed by atoms with Crippen molar-refractivity contribution in [1.29, 1.82) is 5.26 Å². The zero-order valence-electron chi connectivity index (χ0n) is 14.7. The maximum atomic E-state index is 12.6. The average Bonchev–Trinajstić information content (AvgIpc) is 3.21. The first-order valence-electron chi connectivity index (χ1n) is 8.98. The third-order valence-electron chi connectivity index (χ3n) is 5.41. The molecule has 4 nitrogen and oxygen atoms in total. The van der Waals surface area contributed by atoms with Gasteiger partial charge in [-0.1, -0.05) is 30.0 Å². The highest BCUT2D eigenvalue weighted by atomic mass is 32.2. The number of amides is 1. The number of nitrogens with zero attached hydrogens (tertiary/aromatic N) is 2. The summed E-state index contributed by atoms with van der Waals surface area (Å²) in [6, 6.07) is 16.6. The van der Waals surface area contributed by atoms with Crippen LogP contribution in [-0.2, 0) is 0 Å². The Labute approximate surface area is 158 Å². The van der Waals surface area contributed by atoms with Gasteiger partial charge in [0.1, 0.15) is 0 Å². The van der Waals surface area contributed by atoms with Crippen LogP contribution < -0.4 is 5.32 Å². The topological polar surface area (TPSA) is 56.1 Å². The average molecular weight is 363 g/mol. The highest BCUT2D eigenvalue weighted by Crippen LogP contribution is 2.37. The van der Waals surface area contributed by atoms with Crippen molar-refractivity contribution in [3.05, 3.63) is 59.7 Å². The second-order valence-electron chi connectivity index (χ2n) is 7.01. The lowest BCUT2D eigenvalue weighted by Crippen LogP contribution is -2.43. The number of carbonyl (C=O) groups is 1. The fourth-order valence-corrected chi connectivity index (χ4v) is 4.93. The van der Waals surface area contributed by atoms with Crippen LogP contribution in [-0.4, -0.2) is 28.9 Å². The van der Waals surface area contributed by atoms with Gasteiger partial charge in [-0.2, -0.15) is 5.26 Å². The van der Waals surface area contributed by atoms with Crippen molar-refractivity contribution in [3.8, 4) is 6.19 Å². The Balaban J connectivity index is 1.40. The molecule has 0 unspecified atom stereocenters. The number of nitriles is 1. The lowest BCUT2D eigenvalue weighted by atomic mass is 9.95. The summed E-state index contributed by atoms with van der Waals surface area (Å²) in [6.07, 6.45) is 5.22. The quantitative estimate of drug-likeness (QED) is 0.836. The summed E-state index contributed by atoms with van der Waals surface area (Å²) in [5, 5.41) is 12.4. The van der Waals surface area contributed by atoms with Crippen LogP contribution in [0.1, 0.15) is 35.2 Å². The number of aryl methyl sites for hydroxylation is 1. The Kier molecular flexibility index (Phi) is 4.60. The number of hydrogen-bond acceptors (Lipinski definition) is 4. The van der Waals surface area contributed by atoms with E-state index in [-0.39, 0.29) is 18.0 Å². The monoisotopic (exact) mass is 363 g/mol. The zero-order chi connectivity index (χ0) is 18.1. The van der Waals surface area contributed by atoms with E-state index in [2.05, 4.69) is 30.6 Å². The molecule has 132 valence electrons. The molecule has 1 amide bonds. The van der Waals surface area contributed by atoms with Crippen molar-refractivity contribution in [1.82, 2.24) is 10.2 Å². The molecule has 2 aromatic rings. The van der Waals surface area contributed by atoms with Crippen LogP contribution in [0.15, 0.2) is 58.3 Å². The standard InChI is InChI=1S/C21H21N3OS/c1-14-4-2-3-5-20(14)26-17-9-6-15(7-10-17)21(25)23-18-12-16-8-11-19(18)24(16)13-22/h2-7,9-10,16,18-19H,8,11-12H2,1H3,(H,23,25)/t16-,18+,19+/m0/s1. The van der Waals surface area contributed by atoms with E-state index in [0.717, 1.165) is 24.2 Å². The van der Waals surface area contributed by atoms with Crippen molar-refractivity contribution in [3.63, 3.8) is 0 Å². The van der Waals surface area contributed by atoms with Crippen molar-refractivity contribution in [2.75, 3.05) is 0 Å². The first-order chi connectivity index (χ1) is 12.7. The minimum Gasteiger partial charge on any atom is -0.347 e. The van der Waals surface area contributed by atoms with Gasteiger partial charge in [0.05, 0.1) is 12.1 Å². The largest absolute Gasteiger partial charge is 0.347 e. The minimum atomic E-state index is -0.0483. The fourth-order valence-electron chi connectivity index (χ4n) is 4.02. The third kappa shape index (κ3) is 3.17. The number of nitrogens with one attached hydrogen (secondary N) is 1. The summed E-state index contributed by atoms with van der Waals surface area (Å²) in [6.45, 7) is 2.10. The molecule has 2 aliphatic heterocycles.